The van der Waals surface area contributed by atoms with Gasteiger partial charge in [0.15, 0.2) is 11.5 Å². The van der Waals surface area contributed by atoms with Crippen molar-refractivity contribution in [1.29, 1.82) is 0 Å². The molecule has 2 N–H and O–H groups in total. The van der Waals surface area contributed by atoms with Crippen LogP contribution in [-0.2, 0) is 9.84 Å². The maximum absolute atomic E-state index is 12.4. The molecule has 2 aromatic rings. The van der Waals surface area contributed by atoms with Crippen LogP contribution in [0.15, 0.2) is 52.4 Å². The van der Waals surface area contributed by atoms with Gasteiger partial charge in [0.2, 0.25) is 0 Å². The summed E-state index contributed by atoms with van der Waals surface area (Å²) in [5.41, 5.74) is 0.0459. The van der Waals surface area contributed by atoms with Gasteiger partial charge < -0.3 is 10.2 Å². The number of phenols is 2. The molecule has 0 saturated heterocycles. The highest BCUT2D eigenvalue weighted by molar-refractivity contribution is 7.95. The fourth-order valence-corrected chi connectivity index (χ4v) is 3.09. The van der Waals surface area contributed by atoms with Gasteiger partial charge in [0.05, 0.1) is 9.82 Å². The molecule has 0 spiro atoms. The van der Waals surface area contributed by atoms with Gasteiger partial charge in [0.25, 0.3) is 9.84 Å². The number of halogens is 1. The lowest BCUT2D eigenvalue weighted by Gasteiger charge is -2.03. The molecule has 0 saturated carbocycles. The molecule has 9 heteroatoms. The summed E-state index contributed by atoms with van der Waals surface area (Å²) in [6.07, 6.45) is 0.795. The van der Waals surface area contributed by atoms with E-state index in [1.165, 1.54) is 18.2 Å². The maximum Gasteiger partial charge on any atom is 0.364 e. The lowest BCUT2D eigenvalue weighted by molar-refractivity contribution is -0.410. The van der Waals surface area contributed by atoms with Crippen molar-refractivity contribution in [2.24, 2.45) is 0 Å². The zero-order valence-corrected chi connectivity index (χ0v) is 13.0. The quantitative estimate of drug-likeness (QED) is 0.494. The molecule has 0 atom stereocenters. The number of hydrogen-bond acceptors (Lipinski definition) is 6. The maximum atomic E-state index is 12.4. The van der Waals surface area contributed by atoms with Crippen LogP contribution >= 0.6 is 11.6 Å². The van der Waals surface area contributed by atoms with Gasteiger partial charge in [-0.2, -0.15) is 0 Å². The number of phenolic OH excluding ortho intramolecular Hbond substituents is 2. The van der Waals surface area contributed by atoms with Crippen LogP contribution in [0.25, 0.3) is 6.08 Å². The van der Waals surface area contributed by atoms with E-state index in [2.05, 4.69) is 0 Å². The number of nitro groups is 1. The first-order valence-electron chi connectivity index (χ1n) is 6.10. The van der Waals surface area contributed by atoms with Gasteiger partial charge in [-0.05, 0) is 42.0 Å². The average molecular weight is 356 g/mol. The molecule has 2 rings (SSSR count). The fraction of sp³-hybridized carbons (Fsp3) is 0. The molecule has 23 heavy (non-hydrogen) atoms. The molecule has 7 nitrogen and oxygen atoms in total. The van der Waals surface area contributed by atoms with Crippen molar-refractivity contribution in [1.82, 2.24) is 0 Å². The van der Waals surface area contributed by atoms with Crippen LogP contribution in [0.5, 0.6) is 11.5 Å². The van der Waals surface area contributed by atoms with Crippen LogP contribution < -0.4 is 0 Å². The minimum absolute atomic E-state index is 0.0459. The Balaban J connectivity index is 2.57. The van der Waals surface area contributed by atoms with Gasteiger partial charge in [-0.15, -0.1) is 0 Å². The van der Waals surface area contributed by atoms with Crippen molar-refractivity contribution in [3.8, 4) is 11.5 Å². The molecule has 120 valence electrons. The zero-order chi connectivity index (χ0) is 17.2. The van der Waals surface area contributed by atoms with E-state index in [9.17, 15) is 28.7 Å². The summed E-state index contributed by atoms with van der Waals surface area (Å²) in [5.74, 6) is -0.948. The average Bonchev–Trinajstić information content (AvgIpc) is 2.48. The van der Waals surface area contributed by atoms with Crippen LogP contribution in [0, 0.1) is 10.1 Å². The highest BCUT2D eigenvalue weighted by Crippen LogP contribution is 2.28. The molecule has 0 unspecified atom stereocenters. The third-order valence-electron chi connectivity index (χ3n) is 2.87. The predicted molar refractivity (Wildman–Crippen MR) is 83.4 cm³/mol. The van der Waals surface area contributed by atoms with Crippen molar-refractivity contribution in [2.75, 3.05) is 0 Å². The van der Waals surface area contributed by atoms with Crippen molar-refractivity contribution in [3.63, 3.8) is 0 Å². The minimum atomic E-state index is -4.38. The molecule has 0 heterocycles. The second-order valence-corrected chi connectivity index (χ2v) is 6.78. The Morgan fingerprint density at radius 1 is 1.09 bits per heavy atom. The molecule has 0 aliphatic heterocycles. The first kappa shape index (κ1) is 16.8. The molecular weight excluding hydrogens is 346 g/mol. The molecule has 0 amide bonds. The lowest BCUT2D eigenvalue weighted by Crippen LogP contribution is -2.12. The van der Waals surface area contributed by atoms with Gasteiger partial charge in [0, 0.05) is 11.1 Å². The Morgan fingerprint density at radius 2 is 1.70 bits per heavy atom. The second-order valence-electron chi connectivity index (χ2n) is 4.45. The van der Waals surface area contributed by atoms with Gasteiger partial charge in [-0.3, -0.25) is 10.1 Å². The monoisotopic (exact) mass is 355 g/mol. The van der Waals surface area contributed by atoms with Crippen LogP contribution in [0.3, 0.4) is 0 Å². The molecule has 0 aromatic heterocycles. The van der Waals surface area contributed by atoms with E-state index >= 15 is 0 Å². The minimum Gasteiger partial charge on any atom is -0.504 e. The highest BCUT2D eigenvalue weighted by Gasteiger charge is 2.31. The molecule has 2 aromatic carbocycles. The molecular formula is C14H10ClNO6S. The van der Waals surface area contributed by atoms with Crippen molar-refractivity contribution >= 4 is 27.5 Å². The summed E-state index contributed by atoms with van der Waals surface area (Å²) in [4.78, 5) is 9.84. The number of hydrogen-bond donors (Lipinski definition) is 2. The summed E-state index contributed by atoms with van der Waals surface area (Å²) < 4.78 is 24.8. The van der Waals surface area contributed by atoms with Gasteiger partial charge in [-0.25, -0.2) is 8.42 Å². The van der Waals surface area contributed by atoms with E-state index in [1.54, 1.807) is 0 Å². The normalized spacial score (nSPS) is 12.1. The van der Waals surface area contributed by atoms with E-state index in [4.69, 9.17) is 11.6 Å². The summed E-state index contributed by atoms with van der Waals surface area (Å²) in [6, 6.07) is 8.25. The second kappa shape index (κ2) is 6.27. The van der Waals surface area contributed by atoms with E-state index < -0.39 is 31.3 Å². The SMILES string of the molecule is O=[N+]([O-])/C(=C\c1ccc(O)c(O)c1)S(=O)(=O)c1ccc(Cl)cc1. The molecule has 0 aliphatic carbocycles. The summed E-state index contributed by atoms with van der Waals surface area (Å²) in [7, 11) is -4.38. The van der Waals surface area contributed by atoms with E-state index in [0.29, 0.717) is 5.02 Å². The Hall–Kier alpha value is -2.58. The van der Waals surface area contributed by atoms with Gasteiger partial charge >= 0.3 is 5.03 Å². The fourth-order valence-electron chi connectivity index (χ4n) is 1.74. The van der Waals surface area contributed by atoms with Crippen LogP contribution in [-0.4, -0.2) is 23.6 Å². The highest BCUT2D eigenvalue weighted by atomic mass is 35.5. The first-order valence-corrected chi connectivity index (χ1v) is 7.96. The Bertz CT molecular complexity index is 890. The zero-order valence-electron chi connectivity index (χ0n) is 11.4. The van der Waals surface area contributed by atoms with Gasteiger partial charge in [-0.1, -0.05) is 17.7 Å². The number of rotatable bonds is 4. The summed E-state index contributed by atoms with van der Waals surface area (Å²) >= 11 is 5.67. The van der Waals surface area contributed by atoms with Crippen molar-refractivity contribution in [3.05, 3.63) is 68.2 Å². The third-order valence-corrected chi connectivity index (χ3v) is 4.83. The molecule has 0 radical (unpaired) electrons. The van der Waals surface area contributed by atoms with Gasteiger partial charge in [0.1, 0.15) is 0 Å². The smallest absolute Gasteiger partial charge is 0.364 e. The number of aromatic hydroxyl groups is 2. The number of sulfone groups is 1. The Labute approximate surface area is 136 Å². The van der Waals surface area contributed by atoms with E-state index in [1.807, 2.05) is 0 Å². The van der Waals surface area contributed by atoms with Crippen LogP contribution in [0.1, 0.15) is 5.56 Å². The van der Waals surface area contributed by atoms with Crippen LogP contribution in [0.4, 0.5) is 0 Å². The lowest BCUT2D eigenvalue weighted by atomic mass is 10.2. The predicted octanol–water partition coefficient (Wildman–Crippen LogP) is 2.80. The molecule has 0 bridgehead atoms. The Kier molecular flexibility index (Phi) is 4.57. The summed E-state index contributed by atoms with van der Waals surface area (Å²) in [5, 5.41) is 29.0. The largest absolute Gasteiger partial charge is 0.504 e. The Morgan fingerprint density at radius 3 is 2.22 bits per heavy atom. The van der Waals surface area contributed by atoms with Crippen molar-refractivity contribution < 1.29 is 23.6 Å². The third kappa shape index (κ3) is 3.61. The first-order chi connectivity index (χ1) is 10.7. The van der Waals surface area contributed by atoms with Crippen molar-refractivity contribution in [2.45, 2.75) is 4.90 Å². The molecule has 0 aliphatic rings. The van der Waals surface area contributed by atoms with Crippen LogP contribution in [0.2, 0.25) is 5.02 Å². The number of nitrogens with zero attached hydrogens (tertiary/aromatic N) is 1. The number of benzene rings is 2. The van der Waals surface area contributed by atoms with E-state index in [-0.39, 0.29) is 10.5 Å². The topological polar surface area (TPSA) is 118 Å². The van der Waals surface area contributed by atoms with E-state index in [0.717, 1.165) is 30.3 Å². The molecule has 0 fully saturated rings. The summed E-state index contributed by atoms with van der Waals surface area (Å²) in [6.45, 7) is 0. The standard InChI is InChI=1S/C14H10ClNO6S/c15-10-2-4-11(5-3-10)23(21,22)14(16(19)20)8-9-1-6-12(17)13(18)7-9/h1-8,17-18H/b14-8+.